The normalized spacial score (nSPS) is 28.1. The molecule has 0 saturated heterocycles. The van der Waals surface area contributed by atoms with Gasteiger partial charge >= 0.3 is 0 Å². The Kier molecular flexibility index (Phi) is 6.20. The monoisotopic (exact) mass is 577 g/mol. The van der Waals surface area contributed by atoms with Gasteiger partial charge in [-0.3, -0.25) is 0 Å². The van der Waals surface area contributed by atoms with Crippen molar-refractivity contribution in [2.75, 3.05) is 4.90 Å². The molecule has 10 rings (SSSR count). The van der Waals surface area contributed by atoms with E-state index in [2.05, 4.69) is 110 Å². The average molecular weight is 578 g/mol. The molecule has 0 radical (unpaired) electrons. The van der Waals surface area contributed by atoms with Crippen LogP contribution in [0.25, 0.3) is 11.1 Å². The molecule has 0 atom stereocenters. The molecule has 44 heavy (non-hydrogen) atoms. The first kappa shape index (κ1) is 27.0. The van der Waals surface area contributed by atoms with E-state index in [-0.39, 0.29) is 5.41 Å². The second-order valence-electron chi connectivity index (χ2n) is 15.9. The highest BCUT2D eigenvalue weighted by molar-refractivity contribution is 5.86. The molecule has 0 unspecified atom stereocenters. The average Bonchev–Trinajstić information content (AvgIpc) is 3.27. The van der Waals surface area contributed by atoms with E-state index >= 15 is 0 Å². The Labute approximate surface area is 264 Å². The van der Waals surface area contributed by atoms with Crippen molar-refractivity contribution >= 4 is 17.1 Å². The minimum Gasteiger partial charge on any atom is -0.310 e. The lowest BCUT2D eigenvalue weighted by Crippen LogP contribution is -2.48. The predicted molar refractivity (Wildman–Crippen MR) is 184 cm³/mol. The van der Waals surface area contributed by atoms with Gasteiger partial charge in [-0.1, -0.05) is 93.8 Å². The van der Waals surface area contributed by atoms with Gasteiger partial charge in [0.1, 0.15) is 0 Å². The third-order valence-electron chi connectivity index (χ3n) is 12.8. The van der Waals surface area contributed by atoms with E-state index < -0.39 is 0 Å². The fourth-order valence-electron chi connectivity index (χ4n) is 11.1. The smallest absolute Gasteiger partial charge is 0.0499 e. The first-order valence-electron chi connectivity index (χ1n) is 17.7. The Morgan fingerprint density at radius 3 is 1.86 bits per heavy atom. The van der Waals surface area contributed by atoms with Gasteiger partial charge in [-0.05, 0) is 144 Å². The van der Waals surface area contributed by atoms with Gasteiger partial charge in [-0.2, -0.15) is 0 Å². The number of hydrogen-bond donors (Lipinski definition) is 0. The van der Waals surface area contributed by atoms with Crippen LogP contribution in [0, 0.1) is 17.8 Å². The number of fused-ring (bicyclic) bond motifs is 3. The zero-order valence-corrected chi connectivity index (χ0v) is 26.7. The van der Waals surface area contributed by atoms with E-state index in [4.69, 9.17) is 0 Å². The zero-order chi connectivity index (χ0) is 29.5. The Morgan fingerprint density at radius 1 is 0.568 bits per heavy atom. The maximum atomic E-state index is 2.64. The Hall–Kier alpha value is -3.32. The van der Waals surface area contributed by atoms with Crippen molar-refractivity contribution in [2.24, 2.45) is 17.8 Å². The Morgan fingerprint density at radius 2 is 1.16 bits per heavy atom. The van der Waals surface area contributed by atoms with Crippen LogP contribution < -0.4 is 4.90 Å². The molecule has 0 N–H and O–H groups in total. The van der Waals surface area contributed by atoms with E-state index in [1.165, 1.54) is 116 Å². The topological polar surface area (TPSA) is 3.24 Å². The molecule has 224 valence electrons. The van der Waals surface area contributed by atoms with Gasteiger partial charge in [-0.15, -0.1) is 0 Å². The van der Waals surface area contributed by atoms with Crippen LogP contribution in [0.4, 0.5) is 17.1 Å². The summed E-state index contributed by atoms with van der Waals surface area (Å²) in [6.45, 7) is 4.82. The summed E-state index contributed by atoms with van der Waals surface area (Å²) in [5, 5.41) is 0. The standard InChI is InChI=1S/C43H47N/c1-42(2)38-13-7-6-12-36(38)37-21-20-35(25-40(37)42)44(34-18-16-33(17-19-34)32-10-4-3-5-11-32)41-15-9-8-14-39(41)43-26-29-22-30(27-43)24-31(23-29)28-43/h6-9,12-21,25,29-32H,3-5,10-11,22-24,26-28H2,1-2H3. The van der Waals surface area contributed by atoms with Gasteiger partial charge in [0.2, 0.25) is 0 Å². The van der Waals surface area contributed by atoms with Crippen molar-refractivity contribution < 1.29 is 0 Å². The van der Waals surface area contributed by atoms with Crippen LogP contribution in [0.3, 0.4) is 0 Å². The Bertz CT molecular complexity index is 1670. The van der Waals surface area contributed by atoms with E-state index in [0.717, 1.165) is 23.7 Å². The van der Waals surface area contributed by atoms with Crippen molar-refractivity contribution in [2.45, 2.75) is 101 Å². The molecule has 4 bridgehead atoms. The van der Waals surface area contributed by atoms with Crippen molar-refractivity contribution in [3.63, 3.8) is 0 Å². The molecular formula is C43H47N. The lowest BCUT2D eigenvalue weighted by atomic mass is 9.48. The lowest BCUT2D eigenvalue weighted by molar-refractivity contribution is -0.00491. The van der Waals surface area contributed by atoms with Gasteiger partial charge in [0.25, 0.3) is 0 Å². The fraction of sp³-hybridized carbons (Fsp3) is 0.442. The van der Waals surface area contributed by atoms with Crippen LogP contribution in [-0.2, 0) is 10.8 Å². The van der Waals surface area contributed by atoms with Crippen LogP contribution in [0.2, 0.25) is 0 Å². The second-order valence-corrected chi connectivity index (χ2v) is 15.9. The first-order chi connectivity index (χ1) is 21.5. The molecule has 0 amide bonds. The number of para-hydroxylation sites is 1. The van der Waals surface area contributed by atoms with Crippen molar-refractivity contribution in [1.82, 2.24) is 0 Å². The number of anilines is 3. The van der Waals surface area contributed by atoms with Gasteiger partial charge in [0, 0.05) is 22.5 Å². The maximum Gasteiger partial charge on any atom is 0.0499 e. The third-order valence-corrected chi connectivity index (χ3v) is 12.8. The number of nitrogens with zero attached hydrogens (tertiary/aromatic N) is 1. The SMILES string of the molecule is CC1(C)c2ccccc2-c2ccc(N(c3ccc(C4CCCCC4)cc3)c3ccccc3C34CC5CC(CC(C5)C3)C4)cc21. The summed E-state index contributed by atoms with van der Waals surface area (Å²) >= 11 is 0. The van der Waals surface area contributed by atoms with Crippen molar-refractivity contribution in [3.8, 4) is 11.1 Å². The van der Waals surface area contributed by atoms with Gasteiger partial charge in [-0.25, -0.2) is 0 Å². The summed E-state index contributed by atoms with van der Waals surface area (Å²) in [7, 11) is 0. The van der Waals surface area contributed by atoms with E-state index in [1.807, 2.05) is 0 Å². The summed E-state index contributed by atoms with van der Waals surface area (Å²) in [6.07, 6.45) is 15.5. The molecule has 4 aromatic carbocycles. The Balaban J connectivity index is 1.19. The van der Waals surface area contributed by atoms with Crippen molar-refractivity contribution in [3.05, 3.63) is 113 Å². The summed E-state index contributed by atoms with van der Waals surface area (Å²) in [4.78, 5) is 2.64. The molecule has 0 aromatic heterocycles. The molecule has 6 aliphatic rings. The number of rotatable bonds is 5. The first-order valence-corrected chi connectivity index (χ1v) is 17.7. The van der Waals surface area contributed by atoms with Crippen LogP contribution in [-0.4, -0.2) is 0 Å². The highest BCUT2D eigenvalue weighted by atomic mass is 15.1. The van der Waals surface area contributed by atoms with Crippen LogP contribution in [0.1, 0.15) is 113 Å². The summed E-state index contributed by atoms with van der Waals surface area (Å²) in [5.41, 5.74) is 13.2. The second kappa shape index (κ2) is 10.1. The molecule has 0 spiro atoms. The fourth-order valence-corrected chi connectivity index (χ4v) is 11.1. The summed E-state index contributed by atoms with van der Waals surface area (Å²) in [6, 6.07) is 35.7. The molecule has 1 heteroatoms. The quantitative estimate of drug-likeness (QED) is 0.228. The van der Waals surface area contributed by atoms with Crippen LogP contribution in [0.5, 0.6) is 0 Å². The molecule has 0 aliphatic heterocycles. The number of benzene rings is 4. The van der Waals surface area contributed by atoms with E-state index in [1.54, 1.807) is 5.56 Å². The van der Waals surface area contributed by atoms with Gasteiger partial charge in [0.05, 0.1) is 0 Å². The van der Waals surface area contributed by atoms with E-state index in [9.17, 15) is 0 Å². The summed E-state index contributed by atoms with van der Waals surface area (Å²) < 4.78 is 0. The minimum atomic E-state index is -0.0160. The third kappa shape index (κ3) is 4.18. The van der Waals surface area contributed by atoms with Crippen LogP contribution in [0.15, 0.2) is 91.0 Å². The molecule has 6 aliphatic carbocycles. The molecular weight excluding hydrogens is 530 g/mol. The predicted octanol–water partition coefficient (Wildman–Crippen LogP) is 12.0. The van der Waals surface area contributed by atoms with Crippen molar-refractivity contribution in [1.29, 1.82) is 0 Å². The zero-order valence-electron chi connectivity index (χ0n) is 26.7. The van der Waals surface area contributed by atoms with Crippen LogP contribution >= 0.6 is 0 Å². The minimum absolute atomic E-state index is 0.0160. The van der Waals surface area contributed by atoms with E-state index in [0.29, 0.717) is 5.41 Å². The summed E-state index contributed by atoms with van der Waals surface area (Å²) in [5.74, 6) is 3.51. The highest BCUT2D eigenvalue weighted by Gasteiger charge is 2.52. The maximum absolute atomic E-state index is 2.64. The largest absolute Gasteiger partial charge is 0.310 e. The highest BCUT2D eigenvalue weighted by Crippen LogP contribution is 2.62. The molecule has 4 aromatic rings. The number of hydrogen-bond acceptors (Lipinski definition) is 1. The van der Waals surface area contributed by atoms with Gasteiger partial charge < -0.3 is 4.90 Å². The lowest BCUT2D eigenvalue weighted by Gasteiger charge is -2.57. The van der Waals surface area contributed by atoms with Gasteiger partial charge in [0.15, 0.2) is 0 Å². The molecule has 0 heterocycles. The molecule has 1 nitrogen and oxygen atoms in total. The molecule has 5 saturated carbocycles. The molecule has 5 fully saturated rings.